The van der Waals surface area contributed by atoms with Crippen molar-refractivity contribution in [1.82, 2.24) is 0 Å². The number of carbonyl (C=O) groups is 2. The lowest BCUT2D eigenvalue weighted by Gasteiger charge is -2.32. The zero-order valence-corrected chi connectivity index (χ0v) is 16.1. The standard InChI is InChI=1S/C23H18F2N2O3/c1-14-23(29)27(19-9-5-6-10-20(19)30-14)13-21(28)26-22-17(11-16(24)12-18(22)25)15-7-3-2-4-8-15/h2-12,14H,13H2,1H3,(H,26,28). The van der Waals surface area contributed by atoms with Crippen LogP contribution in [-0.2, 0) is 9.59 Å². The van der Waals surface area contributed by atoms with Gasteiger partial charge in [0.05, 0.1) is 11.4 Å². The first-order chi connectivity index (χ1) is 14.4. The fraction of sp³-hybridized carbons (Fsp3) is 0.130. The maximum absolute atomic E-state index is 14.6. The summed E-state index contributed by atoms with van der Waals surface area (Å²) in [7, 11) is 0. The number of nitrogens with one attached hydrogen (secondary N) is 1. The van der Waals surface area contributed by atoms with Crippen LogP contribution >= 0.6 is 0 Å². The monoisotopic (exact) mass is 408 g/mol. The maximum atomic E-state index is 14.6. The SMILES string of the molecule is CC1Oc2ccccc2N(CC(=O)Nc2c(F)cc(F)cc2-c2ccccc2)C1=O. The third-order valence-electron chi connectivity index (χ3n) is 4.78. The topological polar surface area (TPSA) is 58.6 Å². The molecule has 1 aliphatic heterocycles. The number of hydrogen-bond acceptors (Lipinski definition) is 3. The highest BCUT2D eigenvalue weighted by Gasteiger charge is 2.32. The molecule has 30 heavy (non-hydrogen) atoms. The minimum absolute atomic E-state index is 0.144. The van der Waals surface area contributed by atoms with Gasteiger partial charge in [0.2, 0.25) is 5.91 Å². The smallest absolute Gasteiger partial charge is 0.268 e. The Morgan fingerprint density at radius 2 is 1.77 bits per heavy atom. The molecule has 7 heteroatoms. The number of carbonyl (C=O) groups excluding carboxylic acids is 2. The normalized spacial score (nSPS) is 15.4. The van der Waals surface area contributed by atoms with Crippen LogP contribution in [0.25, 0.3) is 11.1 Å². The number of anilines is 2. The number of fused-ring (bicyclic) bond motifs is 1. The fourth-order valence-corrected chi connectivity index (χ4v) is 3.39. The Bertz CT molecular complexity index is 1120. The molecule has 5 nitrogen and oxygen atoms in total. The van der Waals surface area contributed by atoms with Gasteiger partial charge in [-0.25, -0.2) is 8.78 Å². The molecule has 4 rings (SSSR count). The number of benzene rings is 3. The Morgan fingerprint density at radius 1 is 1.07 bits per heavy atom. The zero-order chi connectivity index (χ0) is 21.3. The summed E-state index contributed by atoms with van der Waals surface area (Å²) in [5, 5.41) is 2.50. The van der Waals surface area contributed by atoms with E-state index in [2.05, 4.69) is 5.32 Å². The molecule has 1 aliphatic rings. The molecule has 0 fully saturated rings. The molecule has 1 unspecified atom stereocenters. The Labute approximate surface area is 171 Å². The molecule has 0 spiro atoms. The van der Waals surface area contributed by atoms with Crippen LogP contribution in [0, 0.1) is 11.6 Å². The van der Waals surface area contributed by atoms with Crippen LogP contribution in [0.15, 0.2) is 66.7 Å². The summed E-state index contributed by atoms with van der Waals surface area (Å²) in [4.78, 5) is 26.6. The Hall–Kier alpha value is -3.74. The first-order valence-corrected chi connectivity index (χ1v) is 9.35. The van der Waals surface area contributed by atoms with E-state index in [0.29, 0.717) is 23.1 Å². The fourth-order valence-electron chi connectivity index (χ4n) is 3.39. The Morgan fingerprint density at radius 3 is 2.53 bits per heavy atom. The van der Waals surface area contributed by atoms with E-state index in [-0.39, 0.29) is 23.7 Å². The van der Waals surface area contributed by atoms with Crippen LogP contribution in [0.1, 0.15) is 6.92 Å². The molecule has 0 saturated heterocycles. The third kappa shape index (κ3) is 3.74. The maximum Gasteiger partial charge on any atom is 0.268 e. The summed E-state index contributed by atoms with van der Waals surface area (Å²) in [6, 6.07) is 17.3. The summed E-state index contributed by atoms with van der Waals surface area (Å²) in [5.41, 5.74) is 1.07. The lowest BCUT2D eigenvalue weighted by molar-refractivity contribution is -0.127. The predicted octanol–water partition coefficient (Wildman–Crippen LogP) is 4.38. The van der Waals surface area contributed by atoms with Crippen molar-refractivity contribution in [2.45, 2.75) is 13.0 Å². The van der Waals surface area contributed by atoms with Crippen LogP contribution in [0.3, 0.4) is 0 Å². The quantitative estimate of drug-likeness (QED) is 0.697. The summed E-state index contributed by atoms with van der Waals surface area (Å²) >= 11 is 0. The summed E-state index contributed by atoms with van der Waals surface area (Å²) in [6.07, 6.45) is -0.755. The lowest BCUT2D eigenvalue weighted by Crippen LogP contribution is -2.47. The number of amides is 2. The van der Waals surface area contributed by atoms with Crippen molar-refractivity contribution >= 4 is 23.2 Å². The predicted molar refractivity (Wildman–Crippen MR) is 109 cm³/mol. The van der Waals surface area contributed by atoms with E-state index in [1.165, 1.54) is 4.90 Å². The van der Waals surface area contributed by atoms with Crippen molar-refractivity contribution in [1.29, 1.82) is 0 Å². The van der Waals surface area contributed by atoms with E-state index < -0.39 is 23.6 Å². The number of para-hydroxylation sites is 2. The van der Waals surface area contributed by atoms with E-state index in [4.69, 9.17) is 4.74 Å². The van der Waals surface area contributed by atoms with Crippen LogP contribution in [0.4, 0.5) is 20.2 Å². The third-order valence-corrected chi connectivity index (χ3v) is 4.78. The Kier molecular flexibility index (Phi) is 5.18. The van der Waals surface area contributed by atoms with E-state index in [1.807, 2.05) is 0 Å². The van der Waals surface area contributed by atoms with Gasteiger partial charge < -0.3 is 10.1 Å². The number of ether oxygens (including phenoxy) is 1. The van der Waals surface area contributed by atoms with Gasteiger partial charge in [0, 0.05) is 11.6 Å². The average Bonchev–Trinajstić information content (AvgIpc) is 2.73. The van der Waals surface area contributed by atoms with Gasteiger partial charge in [0.1, 0.15) is 23.9 Å². The van der Waals surface area contributed by atoms with E-state index in [0.717, 1.165) is 6.07 Å². The average molecular weight is 408 g/mol. The van der Waals surface area contributed by atoms with Gasteiger partial charge in [-0.3, -0.25) is 14.5 Å². The van der Waals surface area contributed by atoms with Gasteiger partial charge in [-0.2, -0.15) is 0 Å². The second kappa shape index (κ2) is 7.94. The molecule has 3 aromatic carbocycles. The molecule has 1 atom stereocenters. The van der Waals surface area contributed by atoms with Crippen molar-refractivity contribution in [3.63, 3.8) is 0 Å². The molecule has 1 N–H and O–H groups in total. The molecule has 1 heterocycles. The lowest BCUT2D eigenvalue weighted by atomic mass is 10.0. The van der Waals surface area contributed by atoms with Crippen LogP contribution in [0.2, 0.25) is 0 Å². The number of hydrogen-bond donors (Lipinski definition) is 1. The van der Waals surface area contributed by atoms with E-state index >= 15 is 0 Å². The molecule has 0 aromatic heterocycles. The zero-order valence-electron chi connectivity index (χ0n) is 16.1. The van der Waals surface area contributed by atoms with Gasteiger partial charge in [0.25, 0.3) is 5.91 Å². The van der Waals surface area contributed by atoms with Gasteiger partial charge in [-0.15, -0.1) is 0 Å². The summed E-state index contributed by atoms with van der Waals surface area (Å²) in [6.45, 7) is 1.25. The minimum Gasteiger partial charge on any atom is -0.479 e. The van der Waals surface area contributed by atoms with Gasteiger partial charge in [0.15, 0.2) is 6.10 Å². The molecule has 0 saturated carbocycles. The summed E-state index contributed by atoms with van der Waals surface area (Å²) < 4.78 is 34.0. The van der Waals surface area contributed by atoms with Crippen molar-refractivity contribution in [3.8, 4) is 16.9 Å². The second-order valence-electron chi connectivity index (χ2n) is 6.88. The molecule has 0 aliphatic carbocycles. The first-order valence-electron chi connectivity index (χ1n) is 9.35. The highest BCUT2D eigenvalue weighted by Crippen LogP contribution is 2.34. The Balaban J connectivity index is 1.63. The number of nitrogens with zero attached hydrogens (tertiary/aromatic N) is 1. The highest BCUT2D eigenvalue weighted by molar-refractivity contribution is 6.07. The van der Waals surface area contributed by atoms with Crippen molar-refractivity contribution in [3.05, 3.63) is 78.4 Å². The van der Waals surface area contributed by atoms with Crippen molar-refractivity contribution in [2.75, 3.05) is 16.8 Å². The van der Waals surface area contributed by atoms with Crippen molar-refractivity contribution < 1.29 is 23.1 Å². The first kappa shape index (κ1) is 19.6. The van der Waals surface area contributed by atoms with Gasteiger partial charge in [-0.05, 0) is 30.7 Å². The molecule has 0 bridgehead atoms. The van der Waals surface area contributed by atoms with Gasteiger partial charge >= 0.3 is 0 Å². The minimum atomic E-state index is -0.899. The largest absolute Gasteiger partial charge is 0.479 e. The molecule has 3 aromatic rings. The van der Waals surface area contributed by atoms with Crippen LogP contribution < -0.4 is 15.0 Å². The van der Waals surface area contributed by atoms with E-state index in [9.17, 15) is 18.4 Å². The van der Waals surface area contributed by atoms with Gasteiger partial charge in [-0.1, -0.05) is 42.5 Å². The summed E-state index contributed by atoms with van der Waals surface area (Å²) in [5.74, 6) is -2.17. The molecule has 152 valence electrons. The number of rotatable bonds is 4. The van der Waals surface area contributed by atoms with Crippen LogP contribution in [0.5, 0.6) is 5.75 Å². The second-order valence-corrected chi connectivity index (χ2v) is 6.88. The molecular formula is C23H18F2N2O3. The van der Waals surface area contributed by atoms with Crippen molar-refractivity contribution in [2.24, 2.45) is 0 Å². The molecule has 2 amide bonds. The van der Waals surface area contributed by atoms with Crippen LogP contribution in [-0.4, -0.2) is 24.5 Å². The van der Waals surface area contributed by atoms with E-state index in [1.54, 1.807) is 61.5 Å². The highest BCUT2D eigenvalue weighted by atomic mass is 19.1. The molecular weight excluding hydrogens is 390 g/mol. The number of halogens is 2. The molecule has 0 radical (unpaired) electrons.